The average molecular weight is 502 g/mol. The van der Waals surface area contributed by atoms with Crippen LogP contribution in [0.1, 0.15) is 36.9 Å². The monoisotopic (exact) mass is 501 g/mol. The van der Waals surface area contributed by atoms with E-state index >= 15 is 0 Å². The molecule has 32 heavy (non-hydrogen) atoms. The molecule has 2 aromatic carbocycles. The highest BCUT2D eigenvalue weighted by molar-refractivity contribution is 9.10. The van der Waals surface area contributed by atoms with E-state index in [9.17, 15) is 19.8 Å². The minimum Gasteiger partial charge on any atom is -0.384 e. The first-order chi connectivity index (χ1) is 15.3. The third-order valence-electron chi connectivity index (χ3n) is 6.70. The van der Waals surface area contributed by atoms with Gasteiger partial charge in [0.25, 0.3) is 11.8 Å². The predicted octanol–water partition coefficient (Wildman–Crippen LogP) is 2.33. The molecule has 1 spiro atoms. The van der Waals surface area contributed by atoms with Crippen molar-refractivity contribution in [1.82, 2.24) is 10.2 Å². The molecule has 0 radical (unpaired) electrons. The van der Waals surface area contributed by atoms with Crippen LogP contribution in [0.25, 0.3) is 0 Å². The Labute approximate surface area is 195 Å². The second-order valence-corrected chi connectivity index (χ2v) is 9.59. The molecule has 3 unspecified atom stereocenters. The maximum Gasteiger partial charge on any atom is 0.254 e. The van der Waals surface area contributed by atoms with Crippen molar-refractivity contribution < 1.29 is 19.8 Å². The zero-order valence-electron chi connectivity index (χ0n) is 17.9. The molecule has 4 rings (SSSR count). The summed E-state index contributed by atoms with van der Waals surface area (Å²) < 4.78 is 0.918. The van der Waals surface area contributed by atoms with Crippen LogP contribution in [0.2, 0.25) is 0 Å². The van der Waals surface area contributed by atoms with Crippen LogP contribution in [-0.4, -0.2) is 58.8 Å². The SMILES string of the molecule is CC(NC(=O)C(O)C(O)C(=O)N1CCC2(CC1)CNc1ccccc12)c1ccc(Br)cc1. The minimum atomic E-state index is -1.83. The van der Waals surface area contributed by atoms with Crippen LogP contribution in [0.15, 0.2) is 53.0 Å². The Morgan fingerprint density at radius 3 is 2.41 bits per heavy atom. The fraction of sp³-hybridized carbons (Fsp3) is 0.417. The minimum absolute atomic E-state index is 0.0194. The van der Waals surface area contributed by atoms with Crippen molar-refractivity contribution in [2.75, 3.05) is 25.0 Å². The van der Waals surface area contributed by atoms with E-state index in [4.69, 9.17) is 0 Å². The van der Waals surface area contributed by atoms with Gasteiger partial charge in [0, 0.05) is 35.2 Å². The normalized spacial score (nSPS) is 19.6. The lowest BCUT2D eigenvalue weighted by Crippen LogP contribution is -2.54. The second kappa shape index (κ2) is 9.21. The van der Waals surface area contributed by atoms with Crippen molar-refractivity contribution in [3.05, 3.63) is 64.1 Å². The summed E-state index contributed by atoms with van der Waals surface area (Å²) in [5.41, 5.74) is 3.24. The zero-order chi connectivity index (χ0) is 22.9. The smallest absolute Gasteiger partial charge is 0.254 e. The predicted molar refractivity (Wildman–Crippen MR) is 125 cm³/mol. The number of fused-ring (bicyclic) bond motifs is 2. The van der Waals surface area contributed by atoms with Crippen LogP contribution in [0, 0.1) is 0 Å². The van der Waals surface area contributed by atoms with Crippen LogP contribution in [0.5, 0.6) is 0 Å². The molecule has 8 heteroatoms. The quantitative estimate of drug-likeness (QED) is 0.503. The number of aliphatic hydroxyl groups excluding tert-OH is 2. The average Bonchev–Trinajstić information content (AvgIpc) is 3.16. The molecule has 0 aromatic heterocycles. The molecule has 2 aliphatic rings. The van der Waals surface area contributed by atoms with Gasteiger partial charge in [0.1, 0.15) is 0 Å². The number of carbonyl (C=O) groups is 2. The summed E-state index contributed by atoms with van der Waals surface area (Å²) in [6.07, 6.45) is -2.10. The number of piperidine rings is 1. The van der Waals surface area contributed by atoms with Crippen molar-refractivity contribution in [1.29, 1.82) is 0 Å². The van der Waals surface area contributed by atoms with E-state index in [0.717, 1.165) is 35.1 Å². The fourth-order valence-electron chi connectivity index (χ4n) is 4.66. The summed E-state index contributed by atoms with van der Waals surface area (Å²) in [6, 6.07) is 15.3. The Bertz CT molecular complexity index is 989. The Morgan fingerprint density at radius 1 is 1.06 bits per heavy atom. The topological polar surface area (TPSA) is 102 Å². The molecule has 3 atom stereocenters. The molecule has 2 aliphatic heterocycles. The number of hydrogen-bond donors (Lipinski definition) is 4. The number of nitrogens with zero attached hydrogens (tertiary/aromatic N) is 1. The van der Waals surface area contributed by atoms with E-state index in [2.05, 4.69) is 38.7 Å². The van der Waals surface area contributed by atoms with Gasteiger partial charge in [0.15, 0.2) is 12.2 Å². The number of carbonyl (C=O) groups excluding carboxylic acids is 2. The van der Waals surface area contributed by atoms with Gasteiger partial charge in [-0.1, -0.05) is 46.3 Å². The van der Waals surface area contributed by atoms with Crippen molar-refractivity contribution in [3.63, 3.8) is 0 Å². The molecule has 1 saturated heterocycles. The third-order valence-corrected chi connectivity index (χ3v) is 7.23. The van der Waals surface area contributed by atoms with Crippen molar-refractivity contribution in [2.45, 2.75) is 43.4 Å². The molecule has 0 aliphatic carbocycles. The van der Waals surface area contributed by atoms with Gasteiger partial charge in [-0.3, -0.25) is 9.59 Å². The molecular formula is C24H28BrN3O4. The fourth-order valence-corrected chi connectivity index (χ4v) is 4.92. The first-order valence-corrected chi connectivity index (χ1v) is 11.6. The van der Waals surface area contributed by atoms with Gasteiger partial charge in [0.2, 0.25) is 0 Å². The molecule has 2 heterocycles. The molecule has 0 bridgehead atoms. The Kier molecular flexibility index (Phi) is 6.55. The number of benzene rings is 2. The summed E-state index contributed by atoms with van der Waals surface area (Å²) in [6.45, 7) is 3.54. The summed E-state index contributed by atoms with van der Waals surface area (Å²) >= 11 is 3.36. The summed E-state index contributed by atoms with van der Waals surface area (Å²) in [5.74, 6) is -1.39. The first-order valence-electron chi connectivity index (χ1n) is 10.8. The lowest BCUT2D eigenvalue weighted by Gasteiger charge is -2.40. The Balaban J connectivity index is 1.33. The molecule has 1 fully saturated rings. The number of halogens is 1. The van der Waals surface area contributed by atoms with Gasteiger partial charge in [-0.15, -0.1) is 0 Å². The number of para-hydroxylation sites is 1. The number of likely N-dealkylation sites (tertiary alicyclic amines) is 1. The molecule has 2 amide bonds. The molecule has 7 nitrogen and oxygen atoms in total. The van der Waals surface area contributed by atoms with Crippen LogP contribution in [0.3, 0.4) is 0 Å². The van der Waals surface area contributed by atoms with Gasteiger partial charge in [-0.05, 0) is 49.1 Å². The number of nitrogens with one attached hydrogen (secondary N) is 2. The number of rotatable bonds is 5. The second-order valence-electron chi connectivity index (χ2n) is 8.68. The highest BCUT2D eigenvalue weighted by atomic mass is 79.9. The highest BCUT2D eigenvalue weighted by Crippen LogP contribution is 2.43. The van der Waals surface area contributed by atoms with Gasteiger partial charge in [-0.25, -0.2) is 0 Å². The third kappa shape index (κ3) is 4.40. The molecule has 2 aromatic rings. The Hall–Kier alpha value is -2.42. The maximum absolute atomic E-state index is 12.8. The van der Waals surface area contributed by atoms with Crippen LogP contribution >= 0.6 is 15.9 Å². The first kappa shape index (κ1) is 22.8. The van der Waals surface area contributed by atoms with E-state index in [-0.39, 0.29) is 11.5 Å². The zero-order valence-corrected chi connectivity index (χ0v) is 19.5. The van der Waals surface area contributed by atoms with Crippen molar-refractivity contribution in [3.8, 4) is 0 Å². The number of amides is 2. The van der Waals surface area contributed by atoms with Crippen LogP contribution in [0.4, 0.5) is 5.69 Å². The molecule has 4 N–H and O–H groups in total. The van der Waals surface area contributed by atoms with Crippen LogP contribution < -0.4 is 10.6 Å². The van der Waals surface area contributed by atoms with Gasteiger partial charge < -0.3 is 25.7 Å². The molecule has 170 valence electrons. The van der Waals surface area contributed by atoms with E-state index in [1.807, 2.05) is 36.4 Å². The van der Waals surface area contributed by atoms with Crippen molar-refractivity contribution >= 4 is 33.4 Å². The molecular weight excluding hydrogens is 474 g/mol. The summed E-state index contributed by atoms with van der Waals surface area (Å²) in [4.78, 5) is 26.8. The van der Waals surface area contributed by atoms with E-state index < -0.39 is 24.0 Å². The summed E-state index contributed by atoms with van der Waals surface area (Å²) in [7, 11) is 0. The van der Waals surface area contributed by atoms with E-state index in [1.165, 1.54) is 5.56 Å². The van der Waals surface area contributed by atoms with Gasteiger partial charge in [0.05, 0.1) is 6.04 Å². The van der Waals surface area contributed by atoms with E-state index in [0.29, 0.717) is 13.1 Å². The molecule has 0 saturated carbocycles. The van der Waals surface area contributed by atoms with Gasteiger partial charge in [-0.2, -0.15) is 0 Å². The maximum atomic E-state index is 12.8. The van der Waals surface area contributed by atoms with Crippen LogP contribution in [-0.2, 0) is 15.0 Å². The lowest BCUT2D eigenvalue weighted by atomic mass is 9.74. The standard InChI is InChI=1S/C24H28BrN3O4/c1-15(16-6-8-17(25)9-7-16)27-22(31)20(29)21(30)23(32)28-12-10-24(11-13-28)14-26-19-5-3-2-4-18(19)24/h2-9,15,20-21,26,29-30H,10-14H2,1H3,(H,27,31). The number of aliphatic hydroxyl groups is 2. The number of anilines is 1. The summed E-state index contributed by atoms with van der Waals surface area (Å²) in [5, 5.41) is 26.9. The number of hydrogen-bond acceptors (Lipinski definition) is 5. The van der Waals surface area contributed by atoms with E-state index in [1.54, 1.807) is 11.8 Å². The van der Waals surface area contributed by atoms with Gasteiger partial charge >= 0.3 is 0 Å². The van der Waals surface area contributed by atoms with Crippen molar-refractivity contribution in [2.24, 2.45) is 0 Å². The highest BCUT2D eigenvalue weighted by Gasteiger charge is 2.43. The lowest BCUT2D eigenvalue weighted by molar-refractivity contribution is -0.154. The largest absolute Gasteiger partial charge is 0.384 e. The Morgan fingerprint density at radius 2 is 1.72 bits per heavy atom.